The monoisotopic (exact) mass is 551 g/mol. The van der Waals surface area contributed by atoms with E-state index >= 15 is 0 Å². The van der Waals surface area contributed by atoms with Crippen LogP contribution in [0.15, 0.2) is 59.6 Å². The molecule has 39 heavy (non-hydrogen) atoms. The maximum atomic E-state index is 13.4. The summed E-state index contributed by atoms with van der Waals surface area (Å²) in [6.07, 6.45) is 10.3. The second-order valence-electron chi connectivity index (χ2n) is 11.8. The van der Waals surface area contributed by atoms with Crippen LogP contribution in [0.3, 0.4) is 0 Å². The normalized spacial score (nSPS) is 26.5. The van der Waals surface area contributed by atoms with Gasteiger partial charge in [-0.2, -0.15) is 0 Å². The SMILES string of the molecule is CCCCC1(C(=O)OC)N=CN(C(C)c2ccccc2)C1CC1CCC(C(c2ccc(Cl)cc2)N(C)C)CC1. The third-order valence-electron chi connectivity index (χ3n) is 9.17. The van der Waals surface area contributed by atoms with Crippen molar-refractivity contribution in [1.82, 2.24) is 9.80 Å². The zero-order valence-electron chi connectivity index (χ0n) is 24.4. The van der Waals surface area contributed by atoms with E-state index in [1.54, 1.807) is 0 Å². The highest BCUT2D eigenvalue weighted by Gasteiger charge is 2.53. The van der Waals surface area contributed by atoms with Crippen LogP contribution in [0.5, 0.6) is 0 Å². The predicted molar refractivity (Wildman–Crippen MR) is 161 cm³/mol. The van der Waals surface area contributed by atoms with Gasteiger partial charge in [0, 0.05) is 11.1 Å². The summed E-state index contributed by atoms with van der Waals surface area (Å²) < 4.78 is 5.43. The Kier molecular flexibility index (Phi) is 10.1. The summed E-state index contributed by atoms with van der Waals surface area (Å²) in [6, 6.07) is 19.4. The molecule has 0 radical (unpaired) electrons. The lowest BCUT2D eigenvalue weighted by molar-refractivity contribution is -0.149. The summed E-state index contributed by atoms with van der Waals surface area (Å²) in [5.74, 6) is 0.961. The number of halogens is 1. The Morgan fingerprint density at radius 3 is 2.33 bits per heavy atom. The molecule has 1 aliphatic carbocycles. The number of carbonyl (C=O) groups excluding carboxylic acids is 1. The van der Waals surface area contributed by atoms with Crippen molar-refractivity contribution >= 4 is 23.9 Å². The molecule has 1 fully saturated rings. The quantitative estimate of drug-likeness (QED) is 0.268. The number of nitrogens with zero attached hydrogens (tertiary/aromatic N) is 3. The van der Waals surface area contributed by atoms with Crippen LogP contribution in [0, 0.1) is 11.8 Å². The van der Waals surface area contributed by atoms with Crippen molar-refractivity contribution in [3.8, 4) is 0 Å². The van der Waals surface area contributed by atoms with Crippen molar-refractivity contribution in [2.24, 2.45) is 16.8 Å². The Balaban J connectivity index is 1.54. The molecule has 0 saturated heterocycles. The predicted octanol–water partition coefficient (Wildman–Crippen LogP) is 7.71. The average molecular weight is 552 g/mol. The largest absolute Gasteiger partial charge is 0.467 e. The highest BCUT2D eigenvalue weighted by molar-refractivity contribution is 6.30. The first kappa shape index (κ1) is 29.6. The molecule has 0 N–H and O–H groups in total. The van der Waals surface area contributed by atoms with Gasteiger partial charge < -0.3 is 14.5 Å². The van der Waals surface area contributed by atoms with E-state index in [-0.39, 0.29) is 18.1 Å². The second kappa shape index (κ2) is 13.3. The third kappa shape index (κ3) is 6.52. The minimum Gasteiger partial charge on any atom is -0.467 e. The molecule has 212 valence electrons. The van der Waals surface area contributed by atoms with Gasteiger partial charge in [-0.3, -0.25) is 4.99 Å². The van der Waals surface area contributed by atoms with E-state index in [2.05, 4.69) is 80.2 Å². The fourth-order valence-corrected chi connectivity index (χ4v) is 7.15. The molecule has 1 heterocycles. The molecule has 0 spiro atoms. The summed E-state index contributed by atoms with van der Waals surface area (Å²) in [4.78, 5) is 23.1. The molecule has 1 aliphatic heterocycles. The molecule has 4 rings (SSSR count). The number of ether oxygens (including phenoxy) is 1. The van der Waals surface area contributed by atoms with E-state index < -0.39 is 5.54 Å². The van der Waals surface area contributed by atoms with Crippen molar-refractivity contribution in [3.63, 3.8) is 0 Å². The number of esters is 1. The maximum absolute atomic E-state index is 13.4. The van der Waals surface area contributed by atoms with Crippen LogP contribution < -0.4 is 0 Å². The second-order valence-corrected chi connectivity index (χ2v) is 12.2. The van der Waals surface area contributed by atoms with E-state index in [1.165, 1.54) is 31.1 Å². The number of hydrogen-bond donors (Lipinski definition) is 0. The topological polar surface area (TPSA) is 45.1 Å². The van der Waals surface area contributed by atoms with Crippen molar-refractivity contribution in [3.05, 3.63) is 70.7 Å². The first-order valence-electron chi connectivity index (χ1n) is 14.7. The fourth-order valence-electron chi connectivity index (χ4n) is 7.03. The van der Waals surface area contributed by atoms with Crippen LogP contribution in [-0.4, -0.2) is 54.9 Å². The van der Waals surface area contributed by atoms with Crippen LogP contribution in [0.2, 0.25) is 5.02 Å². The van der Waals surface area contributed by atoms with E-state index in [0.717, 1.165) is 43.5 Å². The standard InChI is InChI=1S/C33H46ClN3O2/c1-6-7-21-33(32(38)39-5)30(37(23-35-33)24(2)26-11-9-8-10-12-26)22-25-13-15-27(16-14-25)31(36(3)4)28-17-19-29(34)20-18-28/h8-12,17-20,23-25,27,30-31H,6-7,13-16,21-22H2,1-5H3. The summed E-state index contributed by atoms with van der Waals surface area (Å²) in [7, 11) is 5.88. The highest BCUT2D eigenvalue weighted by atomic mass is 35.5. The molecule has 0 aromatic heterocycles. The lowest BCUT2D eigenvalue weighted by Gasteiger charge is -2.42. The molecule has 6 heteroatoms. The third-order valence-corrected chi connectivity index (χ3v) is 9.43. The summed E-state index contributed by atoms with van der Waals surface area (Å²) >= 11 is 6.18. The molecular weight excluding hydrogens is 506 g/mol. The Morgan fingerprint density at radius 1 is 1.08 bits per heavy atom. The average Bonchev–Trinajstić information content (AvgIpc) is 3.32. The van der Waals surface area contributed by atoms with E-state index in [9.17, 15) is 4.79 Å². The molecule has 4 atom stereocenters. The first-order valence-corrected chi connectivity index (χ1v) is 15.1. The van der Waals surface area contributed by atoms with Gasteiger partial charge >= 0.3 is 5.97 Å². The summed E-state index contributed by atoms with van der Waals surface area (Å²) in [5, 5.41) is 0.783. The van der Waals surface area contributed by atoms with Crippen molar-refractivity contribution in [2.75, 3.05) is 21.2 Å². The maximum Gasteiger partial charge on any atom is 0.335 e. The minimum absolute atomic E-state index is 0.00540. The minimum atomic E-state index is -0.833. The molecule has 0 bridgehead atoms. The molecule has 1 saturated carbocycles. The summed E-state index contributed by atoms with van der Waals surface area (Å²) in [6.45, 7) is 4.40. The molecule has 2 aromatic carbocycles. The van der Waals surface area contributed by atoms with Crippen molar-refractivity contribution in [1.29, 1.82) is 0 Å². The molecule has 5 nitrogen and oxygen atoms in total. The first-order chi connectivity index (χ1) is 18.8. The van der Waals surface area contributed by atoms with Crippen LogP contribution in [0.4, 0.5) is 0 Å². The van der Waals surface area contributed by atoms with Crippen LogP contribution in [-0.2, 0) is 9.53 Å². The van der Waals surface area contributed by atoms with Gasteiger partial charge in [0.15, 0.2) is 5.54 Å². The smallest absolute Gasteiger partial charge is 0.335 e. The number of hydrogen-bond acceptors (Lipinski definition) is 5. The molecule has 2 aromatic rings. The lowest BCUT2D eigenvalue weighted by atomic mass is 9.72. The molecule has 4 unspecified atom stereocenters. The van der Waals surface area contributed by atoms with Gasteiger partial charge in [0.25, 0.3) is 0 Å². The Morgan fingerprint density at radius 2 is 1.74 bits per heavy atom. The van der Waals surface area contributed by atoms with Gasteiger partial charge in [0.2, 0.25) is 0 Å². The number of rotatable bonds is 11. The van der Waals surface area contributed by atoms with Crippen LogP contribution in [0.1, 0.15) is 88.4 Å². The zero-order valence-corrected chi connectivity index (χ0v) is 25.1. The molecule has 2 aliphatic rings. The van der Waals surface area contributed by atoms with E-state index in [4.69, 9.17) is 21.3 Å². The van der Waals surface area contributed by atoms with E-state index in [0.29, 0.717) is 17.9 Å². The number of carbonyl (C=O) groups is 1. The molecular formula is C33H46ClN3O2. The highest BCUT2D eigenvalue weighted by Crippen LogP contribution is 2.45. The Labute approximate surface area is 240 Å². The van der Waals surface area contributed by atoms with Crippen LogP contribution in [0.25, 0.3) is 0 Å². The number of unbranched alkanes of at least 4 members (excludes halogenated alkanes) is 1. The van der Waals surface area contributed by atoms with Gasteiger partial charge in [-0.05, 0) is 81.8 Å². The van der Waals surface area contributed by atoms with E-state index in [1.807, 2.05) is 18.5 Å². The van der Waals surface area contributed by atoms with Gasteiger partial charge in [-0.15, -0.1) is 0 Å². The Hall–Kier alpha value is -2.37. The van der Waals surface area contributed by atoms with Gasteiger partial charge in [0.05, 0.1) is 25.5 Å². The van der Waals surface area contributed by atoms with Crippen LogP contribution >= 0.6 is 11.6 Å². The lowest BCUT2D eigenvalue weighted by Crippen LogP contribution is -2.53. The Bertz CT molecular complexity index is 1080. The van der Waals surface area contributed by atoms with Gasteiger partial charge in [0.1, 0.15) is 0 Å². The number of methoxy groups -OCH3 is 1. The number of benzene rings is 2. The number of aliphatic imine (C=N–C) groups is 1. The van der Waals surface area contributed by atoms with Gasteiger partial charge in [-0.25, -0.2) is 4.79 Å². The molecule has 0 amide bonds. The summed E-state index contributed by atoms with van der Waals surface area (Å²) in [5.41, 5.74) is 1.75. The van der Waals surface area contributed by atoms with Crippen molar-refractivity contribution in [2.45, 2.75) is 88.9 Å². The van der Waals surface area contributed by atoms with Crippen molar-refractivity contribution < 1.29 is 9.53 Å². The van der Waals surface area contributed by atoms with Gasteiger partial charge in [-0.1, -0.05) is 86.7 Å². The fraction of sp³-hybridized carbons (Fsp3) is 0.576. The zero-order chi connectivity index (χ0) is 28.0.